The standard InChI is InChI=1S/C46H90NO10P/c1-34(2)17-11-19-36(5)21-13-23-38(7)25-15-27-40(9)29-44(48)54-31-42(32-55-58(52,53)56-33-43(47)46(50)51)57-45(49)30-41(10)28-16-26-39(8)24-14-22-37(6)20-12-18-35(3)4/h34-43H,11-33,47H2,1-10H3,(H,50,51)(H,52,53)/p-1/t36?,37?,38?,39?,40?,41?,42-,43+/m1/s1. The molecular formula is C46H89NO10P-. The highest BCUT2D eigenvalue weighted by Gasteiger charge is 2.24. The molecule has 0 aromatic rings. The van der Waals surface area contributed by atoms with Gasteiger partial charge in [-0.25, -0.2) is 0 Å². The summed E-state index contributed by atoms with van der Waals surface area (Å²) >= 11 is 0. The second kappa shape index (κ2) is 33.1. The fourth-order valence-electron chi connectivity index (χ4n) is 7.41. The van der Waals surface area contributed by atoms with Crippen molar-refractivity contribution in [2.45, 2.75) is 210 Å². The molecule has 12 heteroatoms. The van der Waals surface area contributed by atoms with Crippen molar-refractivity contribution >= 4 is 25.7 Å². The SMILES string of the molecule is CC(C)CCCC(C)CCCC(C)CCCC(C)CC(=O)OC[C@H](COP(=O)([O-])OC[C@H]([NH3+])C(=O)[O-])OC(=O)CC(C)CCCC(C)CCCC(C)CCCC(C)C. The molecule has 344 valence electrons. The number of esters is 2. The van der Waals surface area contributed by atoms with Crippen LogP contribution in [0.1, 0.15) is 198 Å². The van der Waals surface area contributed by atoms with Gasteiger partial charge >= 0.3 is 11.9 Å². The number of carbonyl (C=O) groups is 3. The highest BCUT2D eigenvalue weighted by molar-refractivity contribution is 7.45. The van der Waals surface area contributed by atoms with E-state index in [2.05, 4.69) is 65.6 Å². The number of carboxylic acids is 1. The molecule has 0 saturated carbocycles. The third-order valence-electron chi connectivity index (χ3n) is 11.5. The number of quaternary nitrogens is 1. The smallest absolute Gasteiger partial charge is 0.306 e. The predicted octanol–water partition coefficient (Wildman–Crippen LogP) is 9.23. The molecule has 11 nitrogen and oxygen atoms in total. The van der Waals surface area contributed by atoms with Crippen LogP contribution in [-0.2, 0) is 37.5 Å². The molecule has 0 fully saturated rings. The molecule has 9 atom stereocenters. The zero-order valence-electron chi connectivity index (χ0n) is 38.8. The van der Waals surface area contributed by atoms with Gasteiger partial charge in [-0.05, 0) is 47.3 Å². The normalized spacial score (nSPS) is 17.2. The summed E-state index contributed by atoms with van der Waals surface area (Å²) in [5, 5.41) is 10.9. The van der Waals surface area contributed by atoms with Crippen LogP contribution in [0.15, 0.2) is 0 Å². The molecule has 58 heavy (non-hydrogen) atoms. The van der Waals surface area contributed by atoms with Crippen molar-refractivity contribution in [1.82, 2.24) is 0 Å². The number of phosphoric ester groups is 1. The summed E-state index contributed by atoms with van der Waals surface area (Å²) in [7, 11) is -4.98. The van der Waals surface area contributed by atoms with Crippen LogP contribution < -0.4 is 15.7 Å². The van der Waals surface area contributed by atoms with E-state index in [-0.39, 0.29) is 31.3 Å². The van der Waals surface area contributed by atoms with E-state index in [9.17, 15) is 28.9 Å². The maximum atomic E-state index is 13.0. The molecule has 0 amide bonds. The van der Waals surface area contributed by atoms with Crippen LogP contribution in [0.4, 0.5) is 0 Å². The van der Waals surface area contributed by atoms with E-state index in [0.717, 1.165) is 62.2 Å². The lowest BCUT2D eigenvalue weighted by Gasteiger charge is -2.26. The molecule has 0 aromatic heterocycles. The van der Waals surface area contributed by atoms with E-state index in [1.165, 1.54) is 77.0 Å². The third-order valence-corrected chi connectivity index (χ3v) is 12.4. The van der Waals surface area contributed by atoms with Crippen LogP contribution in [0.3, 0.4) is 0 Å². The average Bonchev–Trinajstić information content (AvgIpc) is 3.11. The molecule has 3 N–H and O–H groups in total. The molecule has 0 spiro atoms. The van der Waals surface area contributed by atoms with Crippen LogP contribution in [0.25, 0.3) is 0 Å². The lowest BCUT2D eigenvalue weighted by molar-refractivity contribution is -0.441. The van der Waals surface area contributed by atoms with E-state index < -0.39 is 51.1 Å². The van der Waals surface area contributed by atoms with Crippen LogP contribution in [0, 0.1) is 47.3 Å². The number of carboxylic acid groups (broad SMARTS) is 1. The van der Waals surface area contributed by atoms with Crippen LogP contribution in [0.2, 0.25) is 0 Å². The highest BCUT2D eigenvalue weighted by Crippen LogP contribution is 2.38. The van der Waals surface area contributed by atoms with Gasteiger partial charge in [0.2, 0.25) is 0 Å². The summed E-state index contributed by atoms with van der Waals surface area (Å²) in [6.45, 7) is 20.6. The molecular weight excluding hydrogens is 757 g/mol. The summed E-state index contributed by atoms with van der Waals surface area (Å²) in [6.07, 6.45) is 20.4. The lowest BCUT2D eigenvalue weighted by Crippen LogP contribution is -2.70. The summed E-state index contributed by atoms with van der Waals surface area (Å²) < 4.78 is 32.9. The third kappa shape index (κ3) is 34.2. The van der Waals surface area contributed by atoms with Gasteiger partial charge in [-0.2, -0.15) is 0 Å². The average molecular weight is 847 g/mol. The predicted molar refractivity (Wildman–Crippen MR) is 229 cm³/mol. The van der Waals surface area contributed by atoms with Crippen molar-refractivity contribution in [2.24, 2.45) is 47.3 Å². The second-order valence-electron chi connectivity index (χ2n) is 19.3. The van der Waals surface area contributed by atoms with Gasteiger partial charge in [0.15, 0.2) is 6.10 Å². The molecule has 0 aliphatic carbocycles. The Kier molecular flexibility index (Phi) is 32.3. The Labute approximate surface area is 355 Å². The van der Waals surface area contributed by atoms with Gasteiger partial charge in [0.25, 0.3) is 7.82 Å². The molecule has 0 saturated heterocycles. The van der Waals surface area contributed by atoms with Crippen molar-refractivity contribution in [3.63, 3.8) is 0 Å². The molecule has 0 aliphatic rings. The quantitative estimate of drug-likeness (QED) is 0.0465. The Morgan fingerprint density at radius 2 is 0.828 bits per heavy atom. The number of phosphoric acid groups is 1. The minimum absolute atomic E-state index is 0.0454. The topological polar surface area (TPSA) is 179 Å². The lowest BCUT2D eigenvalue weighted by atomic mass is 9.91. The van der Waals surface area contributed by atoms with Crippen molar-refractivity contribution in [3.8, 4) is 0 Å². The Balaban J connectivity index is 4.84. The number of rotatable bonds is 38. The van der Waals surface area contributed by atoms with Gasteiger partial charge < -0.3 is 39.0 Å². The molecule has 0 rings (SSSR count). The van der Waals surface area contributed by atoms with Gasteiger partial charge in [0.1, 0.15) is 25.2 Å². The number of hydrogen-bond acceptors (Lipinski definition) is 10. The first-order valence-electron chi connectivity index (χ1n) is 23.2. The number of aliphatic carboxylic acids is 1. The molecule has 0 aliphatic heterocycles. The number of ether oxygens (including phenoxy) is 2. The molecule has 0 radical (unpaired) electrons. The first-order valence-corrected chi connectivity index (χ1v) is 24.6. The van der Waals surface area contributed by atoms with Gasteiger partial charge in [-0.3, -0.25) is 14.2 Å². The first-order chi connectivity index (χ1) is 27.2. The van der Waals surface area contributed by atoms with E-state index in [1.807, 2.05) is 13.8 Å². The van der Waals surface area contributed by atoms with E-state index >= 15 is 0 Å². The molecule has 0 bridgehead atoms. The maximum Gasteiger partial charge on any atom is 0.306 e. The monoisotopic (exact) mass is 847 g/mol. The van der Waals surface area contributed by atoms with Crippen LogP contribution in [-0.4, -0.2) is 49.9 Å². The maximum absolute atomic E-state index is 13.0. The number of carbonyl (C=O) groups excluding carboxylic acids is 3. The summed E-state index contributed by atoms with van der Waals surface area (Å²) in [5.74, 6) is 1.90. The van der Waals surface area contributed by atoms with Crippen molar-refractivity contribution in [3.05, 3.63) is 0 Å². The zero-order chi connectivity index (χ0) is 44.1. The Hall–Kier alpha value is -1.52. The zero-order valence-corrected chi connectivity index (χ0v) is 39.7. The van der Waals surface area contributed by atoms with Crippen LogP contribution in [0.5, 0.6) is 0 Å². The van der Waals surface area contributed by atoms with E-state index in [0.29, 0.717) is 11.8 Å². The largest absolute Gasteiger partial charge is 0.756 e. The van der Waals surface area contributed by atoms with Crippen molar-refractivity contribution < 1.29 is 53.2 Å². The Morgan fingerprint density at radius 3 is 1.19 bits per heavy atom. The molecule has 0 aromatic carbocycles. The van der Waals surface area contributed by atoms with Crippen molar-refractivity contribution in [1.29, 1.82) is 0 Å². The summed E-state index contributed by atoms with van der Waals surface area (Å²) in [5.41, 5.74) is 3.27. The Morgan fingerprint density at radius 1 is 0.500 bits per heavy atom. The number of hydrogen-bond donors (Lipinski definition) is 1. The second-order valence-corrected chi connectivity index (χ2v) is 20.7. The highest BCUT2D eigenvalue weighted by atomic mass is 31.2. The van der Waals surface area contributed by atoms with Crippen molar-refractivity contribution in [2.75, 3.05) is 19.8 Å². The van der Waals surface area contributed by atoms with Crippen LogP contribution >= 0.6 is 7.82 Å². The minimum Gasteiger partial charge on any atom is -0.756 e. The minimum atomic E-state index is -4.98. The van der Waals surface area contributed by atoms with E-state index in [1.54, 1.807) is 0 Å². The van der Waals surface area contributed by atoms with Gasteiger partial charge in [-0.15, -0.1) is 0 Å². The van der Waals surface area contributed by atoms with Gasteiger partial charge in [0, 0.05) is 12.8 Å². The van der Waals surface area contributed by atoms with Gasteiger partial charge in [-0.1, -0.05) is 185 Å². The summed E-state index contributed by atoms with van der Waals surface area (Å²) in [4.78, 5) is 49.0. The van der Waals surface area contributed by atoms with E-state index in [4.69, 9.17) is 14.0 Å². The fraction of sp³-hybridized carbons (Fsp3) is 0.935. The molecule has 0 heterocycles. The summed E-state index contributed by atoms with van der Waals surface area (Å²) in [6, 6.07) is -1.43. The first kappa shape index (κ1) is 56.5. The Bertz CT molecular complexity index is 1120. The van der Waals surface area contributed by atoms with Gasteiger partial charge in [0.05, 0.1) is 6.61 Å². The molecule has 7 unspecified atom stereocenters. The fourth-order valence-corrected chi connectivity index (χ4v) is 8.20.